The highest BCUT2D eigenvalue weighted by Crippen LogP contribution is 2.29. The molecule has 1 saturated carbocycles. The monoisotopic (exact) mass is 434 g/mol. The SMILES string of the molecule is CC(C)(NCCc1cccc(OCC2CC2)c1)c1ccc(Cn2ccc(=O)[nH]c2=O)nc1. The van der Waals surface area contributed by atoms with E-state index in [1.54, 1.807) is 0 Å². The van der Waals surface area contributed by atoms with Crippen molar-refractivity contribution in [2.45, 2.75) is 45.2 Å². The van der Waals surface area contributed by atoms with Crippen molar-refractivity contribution in [3.63, 3.8) is 0 Å². The summed E-state index contributed by atoms with van der Waals surface area (Å²) in [7, 11) is 0. The molecule has 2 heterocycles. The summed E-state index contributed by atoms with van der Waals surface area (Å²) in [5, 5.41) is 3.61. The van der Waals surface area contributed by atoms with Gasteiger partial charge in [-0.15, -0.1) is 0 Å². The van der Waals surface area contributed by atoms with Crippen LogP contribution >= 0.6 is 0 Å². The average molecular weight is 435 g/mol. The summed E-state index contributed by atoms with van der Waals surface area (Å²) in [6, 6.07) is 13.6. The van der Waals surface area contributed by atoms with Crippen LogP contribution in [0, 0.1) is 5.92 Å². The van der Waals surface area contributed by atoms with Crippen LogP contribution in [0.15, 0.2) is 64.4 Å². The predicted molar refractivity (Wildman–Crippen MR) is 124 cm³/mol. The van der Waals surface area contributed by atoms with Crippen LogP contribution in [-0.4, -0.2) is 27.7 Å². The zero-order valence-electron chi connectivity index (χ0n) is 18.6. The Labute approximate surface area is 187 Å². The first-order valence-corrected chi connectivity index (χ1v) is 11.1. The van der Waals surface area contributed by atoms with Crippen molar-refractivity contribution < 1.29 is 4.74 Å². The third-order valence-electron chi connectivity index (χ3n) is 5.84. The fraction of sp³-hybridized carbons (Fsp3) is 0.400. The first kappa shape index (κ1) is 22.0. The van der Waals surface area contributed by atoms with Crippen molar-refractivity contribution in [3.8, 4) is 5.75 Å². The van der Waals surface area contributed by atoms with E-state index in [0.717, 1.165) is 42.5 Å². The second kappa shape index (κ2) is 9.53. The molecule has 1 aromatic carbocycles. The lowest BCUT2D eigenvalue weighted by Gasteiger charge is -2.27. The van der Waals surface area contributed by atoms with E-state index in [-0.39, 0.29) is 5.54 Å². The topological polar surface area (TPSA) is 89.0 Å². The van der Waals surface area contributed by atoms with Gasteiger partial charge in [0, 0.05) is 24.0 Å². The molecule has 7 nitrogen and oxygen atoms in total. The van der Waals surface area contributed by atoms with Crippen LogP contribution in [0.2, 0.25) is 0 Å². The maximum Gasteiger partial charge on any atom is 0.328 e. The van der Waals surface area contributed by atoms with E-state index in [9.17, 15) is 9.59 Å². The average Bonchev–Trinajstić information content (AvgIpc) is 3.60. The normalized spacial score (nSPS) is 13.8. The Bertz CT molecular complexity index is 1160. The Hall–Kier alpha value is -3.19. The number of rotatable bonds is 10. The Morgan fingerprint density at radius 1 is 1.19 bits per heavy atom. The van der Waals surface area contributed by atoms with Crippen LogP contribution < -0.4 is 21.3 Å². The molecule has 1 aliphatic rings. The molecule has 2 N–H and O–H groups in total. The van der Waals surface area contributed by atoms with Crippen molar-refractivity contribution in [1.82, 2.24) is 19.9 Å². The van der Waals surface area contributed by atoms with Crippen molar-refractivity contribution in [2.75, 3.05) is 13.2 Å². The second-order valence-electron chi connectivity index (χ2n) is 8.98. The van der Waals surface area contributed by atoms with Gasteiger partial charge in [0.2, 0.25) is 0 Å². The standard InChI is InChI=1S/C25H30N4O3/c1-25(2,27-12-10-18-4-3-5-22(14-18)32-17-19-6-7-19)20-8-9-21(26-15-20)16-29-13-11-23(30)28-24(29)31/h3-5,8-9,11,13-15,19,27H,6-7,10,12,16-17H2,1-2H3,(H,28,30,31). The molecule has 0 atom stereocenters. The van der Waals surface area contributed by atoms with Crippen LogP contribution in [0.3, 0.4) is 0 Å². The highest BCUT2D eigenvalue weighted by molar-refractivity contribution is 5.29. The minimum Gasteiger partial charge on any atom is -0.493 e. The number of hydrogen-bond acceptors (Lipinski definition) is 5. The third-order valence-corrected chi connectivity index (χ3v) is 5.84. The summed E-state index contributed by atoms with van der Waals surface area (Å²) in [4.78, 5) is 29.8. The Balaban J connectivity index is 1.31. The molecule has 0 radical (unpaired) electrons. The maximum absolute atomic E-state index is 11.9. The fourth-order valence-electron chi connectivity index (χ4n) is 3.54. The number of ether oxygens (including phenoxy) is 1. The predicted octanol–water partition coefficient (Wildman–Crippen LogP) is 2.84. The molecule has 1 fully saturated rings. The lowest BCUT2D eigenvalue weighted by molar-refractivity contribution is 0.299. The van der Waals surface area contributed by atoms with Crippen LogP contribution in [0.25, 0.3) is 0 Å². The van der Waals surface area contributed by atoms with E-state index in [4.69, 9.17) is 4.74 Å². The molecule has 0 aliphatic heterocycles. The number of nitrogens with zero attached hydrogens (tertiary/aromatic N) is 2. The molecule has 2 aromatic heterocycles. The lowest BCUT2D eigenvalue weighted by atomic mass is 9.95. The molecular formula is C25H30N4O3. The smallest absolute Gasteiger partial charge is 0.328 e. The number of hydrogen-bond donors (Lipinski definition) is 2. The van der Waals surface area contributed by atoms with Gasteiger partial charge in [-0.1, -0.05) is 18.2 Å². The van der Waals surface area contributed by atoms with Crippen molar-refractivity contribution in [2.24, 2.45) is 5.92 Å². The van der Waals surface area contributed by atoms with Gasteiger partial charge in [-0.3, -0.25) is 19.3 Å². The Morgan fingerprint density at radius 2 is 2.03 bits per heavy atom. The van der Waals surface area contributed by atoms with E-state index >= 15 is 0 Å². The van der Waals surface area contributed by atoms with Gasteiger partial charge in [0.15, 0.2) is 0 Å². The number of benzene rings is 1. The van der Waals surface area contributed by atoms with Gasteiger partial charge in [-0.2, -0.15) is 0 Å². The first-order chi connectivity index (χ1) is 15.4. The van der Waals surface area contributed by atoms with E-state index in [2.05, 4.69) is 47.3 Å². The van der Waals surface area contributed by atoms with Crippen molar-refractivity contribution in [3.05, 3.63) is 92.5 Å². The van der Waals surface area contributed by atoms with Crippen LogP contribution in [0.5, 0.6) is 5.75 Å². The molecule has 0 spiro atoms. The zero-order chi connectivity index (χ0) is 22.6. The summed E-state index contributed by atoms with van der Waals surface area (Å²) in [6.45, 7) is 6.22. The highest BCUT2D eigenvalue weighted by Gasteiger charge is 2.22. The quantitative estimate of drug-likeness (QED) is 0.512. The molecule has 168 valence electrons. The number of aromatic nitrogens is 3. The molecule has 7 heteroatoms. The molecule has 32 heavy (non-hydrogen) atoms. The lowest BCUT2D eigenvalue weighted by Crippen LogP contribution is -2.38. The molecule has 0 bridgehead atoms. The summed E-state index contributed by atoms with van der Waals surface area (Å²) in [5.41, 5.74) is 1.98. The van der Waals surface area contributed by atoms with Crippen LogP contribution in [-0.2, 0) is 18.5 Å². The fourth-order valence-corrected chi connectivity index (χ4v) is 3.54. The number of aromatic amines is 1. The van der Waals surface area contributed by atoms with Gasteiger partial charge in [0.25, 0.3) is 5.56 Å². The molecule has 4 rings (SSSR count). The minimum absolute atomic E-state index is 0.250. The molecular weight excluding hydrogens is 404 g/mol. The number of pyridine rings is 1. The zero-order valence-corrected chi connectivity index (χ0v) is 18.6. The molecule has 1 aliphatic carbocycles. The van der Waals surface area contributed by atoms with Gasteiger partial charge in [-0.05, 0) is 74.9 Å². The summed E-state index contributed by atoms with van der Waals surface area (Å²) in [6.07, 6.45) is 6.81. The van der Waals surface area contributed by atoms with Gasteiger partial charge in [0.05, 0.1) is 18.8 Å². The minimum atomic E-state index is -0.438. The van der Waals surface area contributed by atoms with Gasteiger partial charge in [-0.25, -0.2) is 4.79 Å². The van der Waals surface area contributed by atoms with Gasteiger partial charge < -0.3 is 10.1 Å². The third kappa shape index (κ3) is 5.95. The van der Waals surface area contributed by atoms with E-state index in [1.807, 2.05) is 24.4 Å². The van der Waals surface area contributed by atoms with Crippen molar-refractivity contribution in [1.29, 1.82) is 0 Å². The van der Waals surface area contributed by atoms with Crippen molar-refractivity contribution >= 4 is 0 Å². The second-order valence-corrected chi connectivity index (χ2v) is 8.98. The highest BCUT2D eigenvalue weighted by atomic mass is 16.5. The van der Waals surface area contributed by atoms with Gasteiger partial charge in [0.1, 0.15) is 5.75 Å². The summed E-state index contributed by atoms with van der Waals surface area (Å²) in [5.74, 6) is 1.70. The maximum atomic E-state index is 11.9. The van der Waals surface area contributed by atoms with E-state index in [0.29, 0.717) is 6.54 Å². The summed E-state index contributed by atoms with van der Waals surface area (Å²) < 4.78 is 7.31. The molecule has 3 aromatic rings. The van der Waals surface area contributed by atoms with E-state index in [1.165, 1.54) is 35.2 Å². The molecule has 0 amide bonds. The Morgan fingerprint density at radius 3 is 2.75 bits per heavy atom. The Kier molecular flexibility index (Phi) is 6.55. The van der Waals surface area contributed by atoms with Crippen LogP contribution in [0.4, 0.5) is 0 Å². The number of nitrogens with one attached hydrogen (secondary N) is 2. The van der Waals surface area contributed by atoms with Crippen LogP contribution in [0.1, 0.15) is 43.5 Å². The van der Waals surface area contributed by atoms with E-state index < -0.39 is 11.2 Å². The molecule has 0 unspecified atom stereocenters. The number of H-pyrrole nitrogens is 1. The largest absolute Gasteiger partial charge is 0.493 e. The van der Waals surface area contributed by atoms with Gasteiger partial charge >= 0.3 is 5.69 Å². The molecule has 0 saturated heterocycles. The summed E-state index contributed by atoms with van der Waals surface area (Å²) >= 11 is 0. The first-order valence-electron chi connectivity index (χ1n) is 11.1.